The molecule has 0 aliphatic heterocycles. The highest BCUT2D eigenvalue weighted by molar-refractivity contribution is 7.83. The first kappa shape index (κ1) is 13.6. The Morgan fingerprint density at radius 1 is 1.24 bits per heavy atom. The van der Waals surface area contributed by atoms with E-state index in [-0.39, 0.29) is 11.8 Å². The summed E-state index contributed by atoms with van der Waals surface area (Å²) in [6.07, 6.45) is -5.10. The van der Waals surface area contributed by atoms with Gasteiger partial charge in [-0.05, 0) is 11.5 Å². The Bertz CT molecular complexity index is 457. The highest BCUT2D eigenvalue weighted by Gasteiger charge is 2.33. The van der Waals surface area contributed by atoms with Crippen molar-refractivity contribution in [2.75, 3.05) is 0 Å². The van der Waals surface area contributed by atoms with E-state index in [1.54, 1.807) is 0 Å². The third-order valence-corrected chi connectivity index (χ3v) is 1.98. The van der Waals surface area contributed by atoms with Gasteiger partial charge in [0.05, 0.1) is 0 Å². The van der Waals surface area contributed by atoms with E-state index in [1.165, 1.54) is 0 Å². The van der Waals surface area contributed by atoms with Crippen LogP contribution >= 0.6 is 12.6 Å². The molecule has 0 fully saturated rings. The number of thiol groups is 1. The predicted octanol–water partition coefficient (Wildman–Crippen LogP) is 3.05. The van der Waals surface area contributed by atoms with Crippen LogP contribution in [-0.4, -0.2) is 6.36 Å². The minimum Gasteiger partial charge on any atom is -0.403 e. The molecule has 1 aromatic rings. The zero-order chi connectivity index (χ0) is 13.2. The van der Waals surface area contributed by atoms with Crippen LogP contribution in [0.15, 0.2) is 17.5 Å². The fraction of sp³-hybridized carbons (Fsp3) is 0.111. The molecule has 1 aromatic carbocycles. The number of ether oxygens (including phenoxy) is 1. The highest BCUT2D eigenvalue weighted by Crippen LogP contribution is 2.29. The molecule has 0 amide bonds. The molecular formula is C9H6F5NOS. The van der Waals surface area contributed by atoms with E-state index >= 15 is 0 Å². The van der Waals surface area contributed by atoms with Crippen LogP contribution in [0.25, 0.3) is 5.70 Å². The minimum atomic E-state index is -5.10. The summed E-state index contributed by atoms with van der Waals surface area (Å²) in [5.74, 6) is -3.78. The molecule has 0 saturated heterocycles. The van der Waals surface area contributed by atoms with Crippen molar-refractivity contribution in [2.45, 2.75) is 6.36 Å². The third kappa shape index (κ3) is 3.52. The van der Waals surface area contributed by atoms with Gasteiger partial charge in [0, 0.05) is 17.3 Å². The molecule has 0 heterocycles. The summed E-state index contributed by atoms with van der Waals surface area (Å²) in [4.78, 5) is 0. The maximum Gasteiger partial charge on any atom is 0.573 e. The van der Waals surface area contributed by atoms with Gasteiger partial charge < -0.3 is 10.5 Å². The van der Waals surface area contributed by atoms with Gasteiger partial charge in [0.15, 0.2) is 11.6 Å². The standard InChI is InChI=1S/C9H6F5NOS/c10-5-2-8(16-9(12,13)14)6(11)1-4(5)7(15)3-17/h1-3,17H,15H2/b7-3-. The monoisotopic (exact) mass is 271 g/mol. The summed E-state index contributed by atoms with van der Waals surface area (Å²) in [5.41, 5.74) is 4.64. The lowest BCUT2D eigenvalue weighted by molar-refractivity contribution is -0.275. The molecule has 94 valence electrons. The van der Waals surface area contributed by atoms with Gasteiger partial charge in [0.1, 0.15) is 5.82 Å². The van der Waals surface area contributed by atoms with Gasteiger partial charge in [-0.15, -0.1) is 25.8 Å². The fourth-order valence-corrected chi connectivity index (χ4v) is 1.16. The Labute approximate surface area is 98.3 Å². The smallest absolute Gasteiger partial charge is 0.403 e. The van der Waals surface area contributed by atoms with Gasteiger partial charge in [-0.2, -0.15) is 0 Å². The number of nitrogens with two attached hydrogens (primary N) is 1. The molecule has 0 spiro atoms. The number of rotatable bonds is 2. The molecule has 2 nitrogen and oxygen atoms in total. The van der Waals surface area contributed by atoms with E-state index in [0.29, 0.717) is 6.07 Å². The second-order valence-corrected chi connectivity index (χ2v) is 3.15. The molecule has 0 aromatic heterocycles. The maximum absolute atomic E-state index is 13.3. The van der Waals surface area contributed by atoms with Crippen molar-refractivity contribution in [3.05, 3.63) is 34.7 Å². The normalized spacial score (nSPS) is 12.7. The van der Waals surface area contributed by atoms with Gasteiger partial charge in [-0.1, -0.05) is 0 Å². The molecule has 0 aliphatic rings. The molecule has 17 heavy (non-hydrogen) atoms. The van der Waals surface area contributed by atoms with Crippen LogP contribution in [0.3, 0.4) is 0 Å². The summed E-state index contributed by atoms with van der Waals surface area (Å²) in [7, 11) is 0. The Morgan fingerprint density at radius 3 is 2.29 bits per heavy atom. The Morgan fingerprint density at radius 2 is 1.82 bits per heavy atom. The zero-order valence-electron chi connectivity index (χ0n) is 8.05. The second kappa shape index (κ2) is 4.82. The van der Waals surface area contributed by atoms with Gasteiger partial charge in [0.25, 0.3) is 0 Å². The van der Waals surface area contributed by atoms with Crippen molar-refractivity contribution >= 4 is 18.3 Å². The Balaban J connectivity index is 3.19. The largest absolute Gasteiger partial charge is 0.573 e. The molecule has 8 heteroatoms. The summed E-state index contributed by atoms with van der Waals surface area (Å²) in [6, 6.07) is 0.765. The van der Waals surface area contributed by atoms with Crippen molar-refractivity contribution in [1.29, 1.82) is 0 Å². The van der Waals surface area contributed by atoms with Crippen LogP contribution in [0.2, 0.25) is 0 Å². The van der Waals surface area contributed by atoms with Gasteiger partial charge in [0.2, 0.25) is 0 Å². The molecule has 0 aliphatic carbocycles. The average Bonchev–Trinajstić information content (AvgIpc) is 2.20. The topological polar surface area (TPSA) is 35.2 Å². The van der Waals surface area contributed by atoms with E-state index in [9.17, 15) is 22.0 Å². The summed E-state index contributed by atoms with van der Waals surface area (Å²) in [5, 5.41) is 0.988. The zero-order valence-corrected chi connectivity index (χ0v) is 8.95. The van der Waals surface area contributed by atoms with E-state index in [1.807, 2.05) is 0 Å². The quantitative estimate of drug-likeness (QED) is 0.640. The number of hydrogen-bond acceptors (Lipinski definition) is 3. The van der Waals surface area contributed by atoms with Crippen LogP contribution < -0.4 is 10.5 Å². The number of alkyl halides is 3. The lowest BCUT2D eigenvalue weighted by Crippen LogP contribution is -2.18. The third-order valence-electron chi connectivity index (χ3n) is 1.70. The van der Waals surface area contributed by atoms with Crippen molar-refractivity contribution in [1.82, 2.24) is 0 Å². The lowest BCUT2D eigenvalue weighted by atomic mass is 10.1. The lowest BCUT2D eigenvalue weighted by Gasteiger charge is -2.11. The Hall–Kier alpha value is -1.44. The first-order valence-corrected chi connectivity index (χ1v) is 4.61. The predicted molar refractivity (Wildman–Crippen MR) is 54.2 cm³/mol. The maximum atomic E-state index is 13.3. The van der Waals surface area contributed by atoms with Crippen LogP contribution in [0.4, 0.5) is 22.0 Å². The first-order valence-electron chi connectivity index (χ1n) is 4.09. The second-order valence-electron chi connectivity index (χ2n) is 2.89. The van der Waals surface area contributed by atoms with E-state index in [4.69, 9.17) is 5.73 Å². The highest BCUT2D eigenvalue weighted by atomic mass is 32.1. The fourth-order valence-electron chi connectivity index (χ4n) is 1.02. The van der Waals surface area contributed by atoms with E-state index in [0.717, 1.165) is 5.41 Å². The van der Waals surface area contributed by atoms with E-state index < -0.39 is 29.3 Å². The molecule has 0 bridgehead atoms. The van der Waals surface area contributed by atoms with Gasteiger partial charge in [-0.25, -0.2) is 8.78 Å². The summed E-state index contributed by atoms with van der Waals surface area (Å²) in [6.45, 7) is 0. The minimum absolute atomic E-state index is 0.219. The van der Waals surface area contributed by atoms with Crippen LogP contribution in [0.1, 0.15) is 5.56 Å². The molecule has 0 saturated carbocycles. The molecule has 1 rings (SSSR count). The summed E-state index contributed by atoms with van der Waals surface area (Å²) < 4.78 is 65.2. The van der Waals surface area contributed by atoms with Crippen LogP contribution in [0, 0.1) is 11.6 Å². The SMILES string of the molecule is N/C(=C\S)c1cc(F)c(OC(F)(F)F)cc1F. The van der Waals surface area contributed by atoms with Crippen molar-refractivity contribution in [2.24, 2.45) is 5.73 Å². The van der Waals surface area contributed by atoms with Crippen molar-refractivity contribution in [3.8, 4) is 5.75 Å². The molecule has 2 N–H and O–H groups in total. The van der Waals surface area contributed by atoms with Gasteiger partial charge >= 0.3 is 6.36 Å². The van der Waals surface area contributed by atoms with E-state index in [2.05, 4.69) is 17.4 Å². The molecule has 0 radical (unpaired) electrons. The van der Waals surface area contributed by atoms with Gasteiger partial charge in [-0.3, -0.25) is 0 Å². The van der Waals surface area contributed by atoms with Crippen LogP contribution in [0.5, 0.6) is 5.75 Å². The van der Waals surface area contributed by atoms with Crippen LogP contribution in [-0.2, 0) is 0 Å². The number of benzene rings is 1. The van der Waals surface area contributed by atoms with Crippen molar-refractivity contribution < 1.29 is 26.7 Å². The molecule has 0 unspecified atom stereocenters. The Kier molecular flexibility index (Phi) is 3.87. The molecular weight excluding hydrogens is 265 g/mol. The summed E-state index contributed by atoms with van der Waals surface area (Å²) >= 11 is 3.62. The molecule has 0 atom stereocenters. The number of halogens is 5. The number of hydrogen-bond donors (Lipinski definition) is 2. The average molecular weight is 271 g/mol. The first-order chi connectivity index (χ1) is 7.74. The van der Waals surface area contributed by atoms with Crippen molar-refractivity contribution in [3.63, 3.8) is 0 Å².